The summed E-state index contributed by atoms with van der Waals surface area (Å²) in [5, 5.41) is 6.15. The van der Waals surface area contributed by atoms with Gasteiger partial charge in [-0.3, -0.25) is 9.78 Å². The minimum absolute atomic E-state index is 0.00248. The lowest BCUT2D eigenvalue weighted by molar-refractivity contribution is -0.120. The van der Waals surface area contributed by atoms with Crippen molar-refractivity contribution in [2.45, 2.75) is 6.42 Å². The highest BCUT2D eigenvalue weighted by molar-refractivity contribution is 6.33. The second-order valence-corrected chi connectivity index (χ2v) is 3.11. The number of carbonyl (C=O) groups is 1. The third kappa shape index (κ3) is 3.22. The van der Waals surface area contributed by atoms with Gasteiger partial charge < -0.3 is 10.6 Å². The number of nitrogens with one attached hydrogen (secondary N) is 2. The molecule has 0 saturated carbocycles. The van der Waals surface area contributed by atoms with E-state index in [2.05, 4.69) is 15.6 Å². The third-order valence-corrected chi connectivity index (χ3v) is 2.02. The predicted molar refractivity (Wildman–Crippen MR) is 56.4 cm³/mol. The first kappa shape index (κ1) is 10.8. The van der Waals surface area contributed by atoms with Crippen molar-refractivity contribution in [2.24, 2.45) is 0 Å². The van der Waals surface area contributed by atoms with E-state index >= 15 is 0 Å². The number of hydrogen-bond acceptors (Lipinski definition) is 3. The van der Waals surface area contributed by atoms with Gasteiger partial charge in [0.05, 0.1) is 10.7 Å². The van der Waals surface area contributed by atoms with E-state index in [9.17, 15) is 4.79 Å². The second-order valence-electron chi connectivity index (χ2n) is 2.71. The summed E-state index contributed by atoms with van der Waals surface area (Å²) in [4.78, 5) is 14.7. The molecule has 0 aliphatic heterocycles. The van der Waals surface area contributed by atoms with Crippen LogP contribution in [0.4, 0.5) is 5.69 Å². The molecule has 0 aromatic carbocycles. The van der Waals surface area contributed by atoms with E-state index in [0.29, 0.717) is 18.0 Å². The molecule has 5 heteroatoms. The van der Waals surface area contributed by atoms with E-state index in [4.69, 9.17) is 11.6 Å². The Balaban J connectivity index is 2.39. The maximum atomic E-state index is 10.9. The predicted octanol–water partition coefficient (Wildman–Crippen LogP) is 1.28. The zero-order valence-electron chi connectivity index (χ0n) is 7.88. The number of carbonyl (C=O) groups excluding carboxylic acids is 1. The quantitative estimate of drug-likeness (QED) is 0.793. The molecule has 76 valence electrons. The van der Waals surface area contributed by atoms with Crippen molar-refractivity contribution in [2.75, 3.05) is 18.9 Å². The van der Waals surface area contributed by atoms with Crippen molar-refractivity contribution in [1.29, 1.82) is 0 Å². The van der Waals surface area contributed by atoms with E-state index in [-0.39, 0.29) is 5.91 Å². The smallest absolute Gasteiger partial charge is 0.221 e. The number of hydrogen-bond donors (Lipinski definition) is 2. The summed E-state index contributed by atoms with van der Waals surface area (Å²) >= 11 is 5.85. The van der Waals surface area contributed by atoms with Gasteiger partial charge in [0, 0.05) is 32.4 Å². The van der Waals surface area contributed by atoms with E-state index in [1.807, 2.05) is 0 Å². The van der Waals surface area contributed by atoms with Crippen LogP contribution in [0.1, 0.15) is 6.42 Å². The number of rotatable bonds is 4. The van der Waals surface area contributed by atoms with Crippen LogP contribution in [-0.2, 0) is 4.79 Å². The van der Waals surface area contributed by atoms with Gasteiger partial charge >= 0.3 is 0 Å². The van der Waals surface area contributed by atoms with E-state index in [1.165, 1.54) is 0 Å². The van der Waals surface area contributed by atoms with Gasteiger partial charge in [0.2, 0.25) is 5.91 Å². The van der Waals surface area contributed by atoms with Crippen LogP contribution in [0, 0.1) is 0 Å². The van der Waals surface area contributed by atoms with E-state index in [0.717, 1.165) is 5.69 Å². The highest BCUT2D eigenvalue weighted by Gasteiger charge is 2.00. The lowest BCUT2D eigenvalue weighted by Crippen LogP contribution is -2.20. The summed E-state index contributed by atoms with van der Waals surface area (Å²) in [6.45, 7) is 0.559. The average Bonchev–Trinajstić information content (AvgIpc) is 2.20. The molecule has 2 N–H and O–H groups in total. The van der Waals surface area contributed by atoms with Gasteiger partial charge in [0.25, 0.3) is 0 Å². The summed E-state index contributed by atoms with van der Waals surface area (Å²) in [6.07, 6.45) is 3.63. The van der Waals surface area contributed by atoms with Crippen LogP contribution in [0.2, 0.25) is 5.02 Å². The van der Waals surface area contributed by atoms with Gasteiger partial charge in [0.1, 0.15) is 0 Å². The first-order chi connectivity index (χ1) is 6.74. The molecule has 0 aliphatic rings. The monoisotopic (exact) mass is 213 g/mol. The van der Waals surface area contributed by atoms with Gasteiger partial charge in [-0.25, -0.2) is 0 Å². The summed E-state index contributed by atoms with van der Waals surface area (Å²) in [5.41, 5.74) is 0.797. The summed E-state index contributed by atoms with van der Waals surface area (Å²) in [5.74, 6) is 0.00248. The Morgan fingerprint density at radius 3 is 3.07 bits per heavy atom. The lowest BCUT2D eigenvalue weighted by Gasteiger charge is -2.06. The molecule has 0 bridgehead atoms. The normalized spacial score (nSPS) is 9.57. The molecule has 0 radical (unpaired) electrons. The van der Waals surface area contributed by atoms with Crippen LogP contribution in [-0.4, -0.2) is 24.5 Å². The van der Waals surface area contributed by atoms with Crippen LogP contribution in [0.3, 0.4) is 0 Å². The molecular weight excluding hydrogens is 202 g/mol. The molecule has 1 rings (SSSR count). The third-order valence-electron chi connectivity index (χ3n) is 1.72. The zero-order chi connectivity index (χ0) is 10.4. The van der Waals surface area contributed by atoms with Gasteiger partial charge in [0.15, 0.2) is 0 Å². The fourth-order valence-electron chi connectivity index (χ4n) is 0.954. The Morgan fingerprint density at radius 2 is 2.43 bits per heavy atom. The van der Waals surface area contributed by atoms with Gasteiger partial charge in [-0.1, -0.05) is 11.6 Å². The molecule has 0 unspecified atom stereocenters. The largest absolute Gasteiger partial charge is 0.383 e. The highest BCUT2D eigenvalue weighted by atomic mass is 35.5. The maximum absolute atomic E-state index is 10.9. The first-order valence-electron chi connectivity index (χ1n) is 4.28. The van der Waals surface area contributed by atoms with Crippen molar-refractivity contribution in [1.82, 2.24) is 10.3 Å². The summed E-state index contributed by atoms with van der Waals surface area (Å²) in [7, 11) is 1.61. The SMILES string of the molecule is CNC(=O)CCNc1ccncc1Cl. The van der Waals surface area contributed by atoms with Gasteiger partial charge in [-0.05, 0) is 6.07 Å². The molecule has 14 heavy (non-hydrogen) atoms. The standard InChI is InChI=1S/C9H12ClN3O/c1-11-9(14)3-5-13-8-2-4-12-6-7(8)10/h2,4,6H,3,5H2,1H3,(H,11,14)(H,12,13). The van der Waals surface area contributed by atoms with Gasteiger partial charge in [-0.2, -0.15) is 0 Å². The molecule has 0 atom stereocenters. The Kier molecular flexibility index (Phi) is 4.19. The minimum Gasteiger partial charge on any atom is -0.383 e. The van der Waals surface area contributed by atoms with Crippen LogP contribution in [0.25, 0.3) is 0 Å². The van der Waals surface area contributed by atoms with Crippen LogP contribution in [0.5, 0.6) is 0 Å². The number of anilines is 1. The first-order valence-corrected chi connectivity index (χ1v) is 4.66. The molecule has 0 spiro atoms. The fraction of sp³-hybridized carbons (Fsp3) is 0.333. The Labute approximate surface area is 87.7 Å². The highest BCUT2D eigenvalue weighted by Crippen LogP contribution is 2.18. The molecule has 1 aromatic rings. The number of aromatic nitrogens is 1. The molecule has 4 nitrogen and oxygen atoms in total. The average molecular weight is 214 g/mol. The Hall–Kier alpha value is -1.29. The summed E-state index contributed by atoms with van der Waals surface area (Å²) in [6, 6.07) is 1.77. The van der Waals surface area contributed by atoms with Crippen molar-refractivity contribution >= 4 is 23.2 Å². The maximum Gasteiger partial charge on any atom is 0.221 e. The fourth-order valence-corrected chi connectivity index (χ4v) is 1.14. The lowest BCUT2D eigenvalue weighted by atomic mass is 10.3. The minimum atomic E-state index is 0.00248. The molecular formula is C9H12ClN3O. The van der Waals surface area contributed by atoms with Crippen LogP contribution >= 0.6 is 11.6 Å². The molecule has 0 saturated heterocycles. The van der Waals surface area contributed by atoms with E-state index in [1.54, 1.807) is 25.5 Å². The molecule has 0 aliphatic carbocycles. The topological polar surface area (TPSA) is 54.0 Å². The number of pyridine rings is 1. The molecule has 1 heterocycles. The summed E-state index contributed by atoms with van der Waals surface area (Å²) < 4.78 is 0. The van der Waals surface area contributed by atoms with Crippen molar-refractivity contribution in [3.05, 3.63) is 23.5 Å². The molecule has 0 fully saturated rings. The Bertz CT molecular complexity index is 317. The van der Waals surface area contributed by atoms with Crippen molar-refractivity contribution in [3.8, 4) is 0 Å². The zero-order valence-corrected chi connectivity index (χ0v) is 8.64. The second kappa shape index (κ2) is 5.44. The Morgan fingerprint density at radius 1 is 1.64 bits per heavy atom. The van der Waals surface area contributed by atoms with E-state index < -0.39 is 0 Å². The van der Waals surface area contributed by atoms with Crippen molar-refractivity contribution < 1.29 is 4.79 Å². The van der Waals surface area contributed by atoms with Gasteiger partial charge in [-0.15, -0.1) is 0 Å². The number of nitrogens with zero attached hydrogens (tertiary/aromatic N) is 1. The van der Waals surface area contributed by atoms with Crippen LogP contribution in [0.15, 0.2) is 18.5 Å². The number of amides is 1. The molecule has 1 amide bonds. The van der Waals surface area contributed by atoms with Crippen LogP contribution < -0.4 is 10.6 Å². The van der Waals surface area contributed by atoms with Crippen molar-refractivity contribution in [3.63, 3.8) is 0 Å². The number of halogens is 1. The molecule has 1 aromatic heterocycles.